The second kappa shape index (κ2) is 9.60. The van der Waals surface area contributed by atoms with E-state index < -0.39 is 0 Å². The largest absolute Gasteiger partial charge is 0.326 e. The van der Waals surface area contributed by atoms with Gasteiger partial charge >= 0.3 is 0 Å². The molecule has 5 heteroatoms. The summed E-state index contributed by atoms with van der Waals surface area (Å²) in [4.78, 5) is 24.0. The average molecular weight is 383 g/mol. The topological polar surface area (TPSA) is 58.2 Å². The van der Waals surface area contributed by atoms with Crippen LogP contribution in [0.3, 0.4) is 0 Å². The summed E-state index contributed by atoms with van der Waals surface area (Å²) in [7, 11) is 0. The lowest BCUT2D eigenvalue weighted by molar-refractivity contribution is -0.116. The van der Waals surface area contributed by atoms with Crippen molar-refractivity contribution in [3.05, 3.63) is 59.2 Å². The third-order valence-corrected chi connectivity index (χ3v) is 5.65. The molecule has 2 aromatic carbocycles. The van der Waals surface area contributed by atoms with Crippen LogP contribution in [0.15, 0.2) is 42.5 Å². The fourth-order valence-electron chi connectivity index (χ4n) is 3.29. The van der Waals surface area contributed by atoms with Crippen molar-refractivity contribution in [1.29, 1.82) is 0 Å². The van der Waals surface area contributed by atoms with Gasteiger partial charge in [0.1, 0.15) is 0 Å². The van der Waals surface area contributed by atoms with Crippen molar-refractivity contribution < 1.29 is 9.59 Å². The van der Waals surface area contributed by atoms with Gasteiger partial charge in [0.25, 0.3) is 0 Å². The summed E-state index contributed by atoms with van der Waals surface area (Å²) in [5.74, 6) is 1.24. The van der Waals surface area contributed by atoms with Crippen molar-refractivity contribution in [3.8, 4) is 0 Å². The maximum absolute atomic E-state index is 12.1. The lowest BCUT2D eigenvalue weighted by atomic mass is 10.1. The van der Waals surface area contributed by atoms with Crippen LogP contribution in [0, 0.1) is 6.92 Å². The number of hydrogen-bond donors (Lipinski definition) is 2. The normalized spacial score (nSPS) is 12.5. The first kappa shape index (κ1) is 19.5. The van der Waals surface area contributed by atoms with Crippen molar-refractivity contribution in [1.82, 2.24) is 0 Å². The Balaban J connectivity index is 1.30. The number of carbonyl (C=O) groups excluding carboxylic acids is 2. The fraction of sp³-hybridized carbons (Fsp3) is 0.364. The number of carbonyl (C=O) groups is 2. The van der Waals surface area contributed by atoms with E-state index in [4.69, 9.17) is 0 Å². The molecule has 4 nitrogen and oxygen atoms in total. The van der Waals surface area contributed by atoms with Crippen molar-refractivity contribution in [2.75, 3.05) is 22.1 Å². The van der Waals surface area contributed by atoms with Crippen LogP contribution in [0.5, 0.6) is 0 Å². The Morgan fingerprint density at radius 1 is 0.963 bits per heavy atom. The molecule has 0 radical (unpaired) electrons. The first-order valence-electron chi connectivity index (χ1n) is 9.46. The van der Waals surface area contributed by atoms with Crippen LogP contribution in [0.2, 0.25) is 0 Å². The molecule has 1 aliphatic carbocycles. The summed E-state index contributed by atoms with van der Waals surface area (Å²) in [6.07, 6.45) is 4.69. The Hall–Kier alpha value is -2.27. The molecule has 3 rings (SSSR count). The highest BCUT2D eigenvalue weighted by Gasteiger charge is 2.12. The number of aryl methyl sites for hydroxylation is 3. The van der Waals surface area contributed by atoms with Gasteiger partial charge in [0.2, 0.25) is 11.8 Å². The molecule has 0 atom stereocenters. The molecule has 0 aromatic heterocycles. The van der Waals surface area contributed by atoms with Gasteiger partial charge in [-0.05, 0) is 79.3 Å². The molecule has 142 valence electrons. The molecule has 2 amide bonds. The third-order valence-electron chi connectivity index (χ3n) is 4.61. The highest BCUT2D eigenvalue weighted by Crippen LogP contribution is 2.25. The summed E-state index contributed by atoms with van der Waals surface area (Å²) in [5, 5.41) is 5.88. The lowest BCUT2D eigenvalue weighted by Gasteiger charge is -2.08. The van der Waals surface area contributed by atoms with Gasteiger partial charge in [0.05, 0.1) is 5.75 Å². The molecule has 27 heavy (non-hydrogen) atoms. The molecule has 0 heterocycles. The monoisotopic (exact) mass is 382 g/mol. The average Bonchev–Trinajstić information content (AvgIpc) is 3.09. The maximum atomic E-state index is 12.1. The summed E-state index contributed by atoms with van der Waals surface area (Å²) < 4.78 is 0. The number of thioether (sulfide) groups is 1. The standard InChI is InChI=1S/C22H26N2O2S/c1-16-5-2-8-19(13-16)23-21(25)9-4-12-27-15-22(26)24-20-11-10-17-6-3-7-18(17)14-20/h2,5,8,10-11,13-14H,3-4,6-7,9,12,15H2,1H3,(H,23,25)(H,24,26). The van der Waals surface area contributed by atoms with E-state index in [0.717, 1.165) is 42.0 Å². The van der Waals surface area contributed by atoms with Crippen molar-refractivity contribution in [3.63, 3.8) is 0 Å². The van der Waals surface area contributed by atoms with Crippen molar-refractivity contribution >= 4 is 35.0 Å². The molecule has 2 N–H and O–H groups in total. The summed E-state index contributed by atoms with van der Waals surface area (Å²) >= 11 is 1.56. The predicted octanol–water partition coefficient (Wildman–Crippen LogP) is 4.57. The van der Waals surface area contributed by atoms with Gasteiger partial charge in [0.15, 0.2) is 0 Å². The zero-order chi connectivity index (χ0) is 19.1. The molecular formula is C22H26N2O2S. The Bertz CT molecular complexity index is 820. The molecule has 1 aliphatic rings. The van der Waals surface area contributed by atoms with Crippen LogP contribution >= 0.6 is 11.8 Å². The number of fused-ring (bicyclic) bond motifs is 1. The second-order valence-electron chi connectivity index (χ2n) is 6.96. The van der Waals surface area contributed by atoms with Gasteiger partial charge < -0.3 is 10.6 Å². The molecule has 0 fully saturated rings. The van der Waals surface area contributed by atoms with E-state index in [1.54, 1.807) is 11.8 Å². The van der Waals surface area contributed by atoms with Crippen molar-refractivity contribution in [2.45, 2.75) is 39.0 Å². The lowest BCUT2D eigenvalue weighted by Crippen LogP contribution is -2.15. The number of rotatable bonds is 8. The summed E-state index contributed by atoms with van der Waals surface area (Å²) in [5.41, 5.74) is 5.62. The van der Waals surface area contributed by atoms with E-state index in [-0.39, 0.29) is 11.8 Å². The Labute approximate surface area is 165 Å². The van der Waals surface area contributed by atoms with Crippen LogP contribution in [0.4, 0.5) is 11.4 Å². The minimum absolute atomic E-state index is 0.0159. The highest BCUT2D eigenvalue weighted by atomic mass is 32.2. The number of nitrogens with one attached hydrogen (secondary N) is 2. The number of anilines is 2. The van der Waals surface area contributed by atoms with E-state index in [2.05, 4.69) is 22.8 Å². The van der Waals surface area contributed by atoms with Crippen LogP contribution in [0.1, 0.15) is 36.0 Å². The number of amides is 2. The zero-order valence-electron chi connectivity index (χ0n) is 15.7. The highest BCUT2D eigenvalue weighted by molar-refractivity contribution is 7.99. The zero-order valence-corrected chi connectivity index (χ0v) is 16.5. The Morgan fingerprint density at radius 2 is 1.74 bits per heavy atom. The molecule has 2 aromatic rings. The Morgan fingerprint density at radius 3 is 2.59 bits per heavy atom. The van der Waals surface area contributed by atoms with E-state index in [0.29, 0.717) is 12.2 Å². The fourth-order valence-corrected chi connectivity index (χ4v) is 4.04. The summed E-state index contributed by atoms with van der Waals surface area (Å²) in [6.45, 7) is 2.00. The van der Waals surface area contributed by atoms with Gasteiger partial charge in [-0.3, -0.25) is 9.59 Å². The Kier molecular flexibility index (Phi) is 6.93. The number of hydrogen-bond acceptors (Lipinski definition) is 3. The molecule has 0 saturated carbocycles. The first-order valence-corrected chi connectivity index (χ1v) is 10.6. The van der Waals surface area contributed by atoms with Crippen LogP contribution < -0.4 is 10.6 Å². The van der Waals surface area contributed by atoms with Gasteiger partial charge in [-0.2, -0.15) is 11.8 Å². The van der Waals surface area contributed by atoms with Crippen LogP contribution in [-0.4, -0.2) is 23.3 Å². The molecular weight excluding hydrogens is 356 g/mol. The predicted molar refractivity (Wildman–Crippen MR) is 113 cm³/mol. The maximum Gasteiger partial charge on any atom is 0.234 e. The van der Waals surface area contributed by atoms with E-state index in [9.17, 15) is 9.59 Å². The molecule has 0 unspecified atom stereocenters. The molecule has 0 spiro atoms. The van der Waals surface area contributed by atoms with Crippen molar-refractivity contribution in [2.24, 2.45) is 0 Å². The smallest absolute Gasteiger partial charge is 0.234 e. The number of benzene rings is 2. The van der Waals surface area contributed by atoms with E-state index in [1.807, 2.05) is 37.3 Å². The van der Waals surface area contributed by atoms with Gasteiger partial charge in [-0.25, -0.2) is 0 Å². The summed E-state index contributed by atoms with van der Waals surface area (Å²) in [6, 6.07) is 14.0. The van der Waals surface area contributed by atoms with Gasteiger partial charge in [-0.1, -0.05) is 18.2 Å². The minimum Gasteiger partial charge on any atom is -0.326 e. The third kappa shape index (κ3) is 6.14. The van der Waals surface area contributed by atoms with E-state index >= 15 is 0 Å². The molecule has 0 aliphatic heterocycles. The quantitative estimate of drug-likeness (QED) is 0.657. The van der Waals surface area contributed by atoms with Crippen LogP contribution in [0.25, 0.3) is 0 Å². The van der Waals surface area contributed by atoms with Gasteiger partial charge in [-0.15, -0.1) is 0 Å². The minimum atomic E-state index is 0.0159. The van der Waals surface area contributed by atoms with Gasteiger partial charge in [0, 0.05) is 17.8 Å². The molecule has 0 saturated heterocycles. The molecule has 0 bridgehead atoms. The first-order chi connectivity index (χ1) is 13.1. The SMILES string of the molecule is Cc1cccc(NC(=O)CCCSCC(=O)Nc2ccc3c(c2)CCC3)c1. The second-order valence-corrected chi connectivity index (χ2v) is 8.06. The van der Waals surface area contributed by atoms with E-state index in [1.165, 1.54) is 17.5 Å². The van der Waals surface area contributed by atoms with Crippen LogP contribution in [-0.2, 0) is 22.4 Å².